The number of hydrogen-bond donors (Lipinski definition) is 0. The SMILES string of the molecule is Cc1ccc(C#Cc2cc(F)c(-c3ccc(-c4ccc(-c5cc(F)c(F)c(F)c5)c(F)c4)c(F)c3)cc2C)cc1. The van der Waals surface area contributed by atoms with Gasteiger partial charge in [0.05, 0.1) is 0 Å². The van der Waals surface area contributed by atoms with Crippen molar-refractivity contribution in [2.24, 2.45) is 0 Å². The molecule has 0 N–H and O–H groups in total. The molecule has 0 amide bonds. The van der Waals surface area contributed by atoms with Crippen molar-refractivity contribution in [1.29, 1.82) is 0 Å². The predicted octanol–water partition coefficient (Wildman–Crippen LogP) is 9.54. The van der Waals surface area contributed by atoms with Gasteiger partial charge in [0.1, 0.15) is 17.5 Å². The van der Waals surface area contributed by atoms with Crippen LogP contribution in [-0.4, -0.2) is 0 Å². The Kier molecular flexibility index (Phi) is 7.23. The van der Waals surface area contributed by atoms with E-state index < -0.39 is 34.9 Å². The molecule has 5 rings (SSSR count). The molecule has 0 aliphatic rings. The molecule has 0 aromatic heterocycles. The van der Waals surface area contributed by atoms with E-state index in [0.717, 1.165) is 23.3 Å². The molecule has 0 aliphatic carbocycles. The number of benzene rings is 5. The summed E-state index contributed by atoms with van der Waals surface area (Å²) in [7, 11) is 0. The first kappa shape index (κ1) is 26.8. The Morgan fingerprint density at radius 3 is 1.52 bits per heavy atom. The van der Waals surface area contributed by atoms with Gasteiger partial charge in [-0.05, 0) is 84.6 Å². The van der Waals surface area contributed by atoms with Gasteiger partial charge in [-0.2, -0.15) is 0 Å². The topological polar surface area (TPSA) is 0 Å². The molecule has 0 unspecified atom stereocenters. The van der Waals surface area contributed by atoms with Crippen LogP contribution in [0.1, 0.15) is 22.3 Å². The van der Waals surface area contributed by atoms with Gasteiger partial charge in [0.25, 0.3) is 0 Å². The van der Waals surface area contributed by atoms with Crippen LogP contribution in [0.25, 0.3) is 33.4 Å². The second-order valence-corrected chi connectivity index (χ2v) is 9.41. The number of rotatable bonds is 3. The van der Waals surface area contributed by atoms with Crippen LogP contribution < -0.4 is 0 Å². The van der Waals surface area contributed by atoms with Gasteiger partial charge in [0.2, 0.25) is 0 Å². The lowest BCUT2D eigenvalue weighted by Gasteiger charge is -2.11. The van der Waals surface area contributed by atoms with Gasteiger partial charge in [0.15, 0.2) is 17.5 Å². The number of aryl methyl sites for hydroxylation is 2. The highest BCUT2D eigenvalue weighted by molar-refractivity contribution is 5.75. The lowest BCUT2D eigenvalue weighted by Crippen LogP contribution is -1.95. The molecule has 5 aromatic rings. The van der Waals surface area contributed by atoms with E-state index in [4.69, 9.17) is 0 Å². The summed E-state index contributed by atoms with van der Waals surface area (Å²) in [5.41, 5.74) is 3.43. The molecule has 0 radical (unpaired) electrons. The first-order valence-corrected chi connectivity index (χ1v) is 12.2. The molecule has 0 saturated heterocycles. The van der Waals surface area contributed by atoms with E-state index >= 15 is 8.78 Å². The van der Waals surface area contributed by atoms with Crippen molar-refractivity contribution in [3.05, 3.63) is 142 Å². The van der Waals surface area contributed by atoms with Crippen molar-refractivity contribution in [2.45, 2.75) is 13.8 Å². The summed E-state index contributed by atoms with van der Waals surface area (Å²) in [6, 6.07) is 19.6. The minimum atomic E-state index is -1.65. The van der Waals surface area contributed by atoms with Crippen LogP contribution in [0.2, 0.25) is 0 Å². The van der Waals surface area contributed by atoms with Crippen LogP contribution in [0.15, 0.2) is 84.9 Å². The van der Waals surface area contributed by atoms with E-state index in [1.165, 1.54) is 30.3 Å². The summed E-state index contributed by atoms with van der Waals surface area (Å²) in [6.45, 7) is 3.76. The molecule has 6 heteroatoms. The van der Waals surface area contributed by atoms with Crippen LogP contribution in [-0.2, 0) is 0 Å². The Morgan fingerprint density at radius 2 is 0.950 bits per heavy atom. The summed E-state index contributed by atoms with van der Waals surface area (Å²) in [6.07, 6.45) is 0. The summed E-state index contributed by atoms with van der Waals surface area (Å²) >= 11 is 0. The molecule has 5 aromatic carbocycles. The molecule has 40 heavy (non-hydrogen) atoms. The van der Waals surface area contributed by atoms with Crippen molar-refractivity contribution in [1.82, 2.24) is 0 Å². The molecule has 0 heterocycles. The minimum Gasteiger partial charge on any atom is -0.206 e. The van der Waals surface area contributed by atoms with Crippen molar-refractivity contribution in [2.75, 3.05) is 0 Å². The first-order valence-electron chi connectivity index (χ1n) is 12.2. The molecule has 0 nitrogen and oxygen atoms in total. The van der Waals surface area contributed by atoms with Crippen LogP contribution in [0.4, 0.5) is 26.3 Å². The van der Waals surface area contributed by atoms with Crippen molar-refractivity contribution >= 4 is 0 Å². The highest BCUT2D eigenvalue weighted by Crippen LogP contribution is 2.33. The maximum atomic E-state index is 15.2. The highest BCUT2D eigenvalue weighted by Gasteiger charge is 2.17. The van der Waals surface area contributed by atoms with Gasteiger partial charge < -0.3 is 0 Å². The summed E-state index contributed by atoms with van der Waals surface area (Å²) in [4.78, 5) is 0. The average Bonchev–Trinajstić information content (AvgIpc) is 2.92. The zero-order valence-corrected chi connectivity index (χ0v) is 21.4. The second-order valence-electron chi connectivity index (χ2n) is 9.41. The molecular formula is C34H20F6. The molecule has 0 aliphatic heterocycles. The van der Waals surface area contributed by atoms with Crippen LogP contribution >= 0.6 is 0 Å². The zero-order valence-electron chi connectivity index (χ0n) is 21.4. The molecule has 0 atom stereocenters. The van der Waals surface area contributed by atoms with E-state index in [1.807, 2.05) is 31.2 Å². The Morgan fingerprint density at radius 1 is 0.450 bits per heavy atom. The third-order valence-corrected chi connectivity index (χ3v) is 6.56. The Labute approximate surface area is 227 Å². The van der Waals surface area contributed by atoms with E-state index in [1.54, 1.807) is 13.0 Å². The van der Waals surface area contributed by atoms with Gasteiger partial charge in [-0.15, -0.1) is 0 Å². The Bertz CT molecular complexity index is 1800. The van der Waals surface area contributed by atoms with Gasteiger partial charge in [-0.1, -0.05) is 53.8 Å². The normalized spacial score (nSPS) is 10.8. The average molecular weight is 543 g/mol. The maximum Gasteiger partial charge on any atom is 0.194 e. The third kappa shape index (κ3) is 5.37. The Hall–Kier alpha value is -4.76. The molecule has 0 saturated carbocycles. The maximum absolute atomic E-state index is 15.2. The standard InChI is InChI=1S/C34H20F6/c1-19-3-5-21(6-4-19)7-8-22-14-31(37)28(13-20(22)2)24-10-11-26(29(35)16-24)23-9-12-27(30(36)15-23)25-17-32(38)34(40)33(39)18-25/h3-6,9-18H,1-2H3. The van der Waals surface area contributed by atoms with Crippen molar-refractivity contribution < 1.29 is 26.3 Å². The van der Waals surface area contributed by atoms with Crippen molar-refractivity contribution in [3.8, 4) is 45.2 Å². The van der Waals surface area contributed by atoms with Crippen molar-refractivity contribution in [3.63, 3.8) is 0 Å². The number of hydrogen-bond acceptors (Lipinski definition) is 0. The lowest BCUT2D eigenvalue weighted by atomic mass is 9.95. The molecular weight excluding hydrogens is 522 g/mol. The van der Waals surface area contributed by atoms with E-state index in [-0.39, 0.29) is 33.4 Å². The summed E-state index contributed by atoms with van der Waals surface area (Å²) < 4.78 is 85.6. The molecule has 0 fully saturated rings. The molecule has 0 bridgehead atoms. The smallest absolute Gasteiger partial charge is 0.194 e. The number of halogens is 6. The fourth-order valence-corrected chi connectivity index (χ4v) is 4.36. The lowest BCUT2D eigenvalue weighted by molar-refractivity contribution is 0.447. The Balaban J connectivity index is 1.44. The monoisotopic (exact) mass is 542 g/mol. The van der Waals surface area contributed by atoms with E-state index in [2.05, 4.69) is 11.8 Å². The van der Waals surface area contributed by atoms with Gasteiger partial charge in [-0.3, -0.25) is 0 Å². The van der Waals surface area contributed by atoms with Crippen LogP contribution in [0, 0.1) is 60.6 Å². The fourth-order valence-electron chi connectivity index (χ4n) is 4.36. The predicted molar refractivity (Wildman–Crippen MR) is 144 cm³/mol. The summed E-state index contributed by atoms with van der Waals surface area (Å²) in [5.74, 6) is -0.724. The fraction of sp³-hybridized carbons (Fsp3) is 0.0588. The molecule has 0 spiro atoms. The summed E-state index contributed by atoms with van der Waals surface area (Å²) in [5, 5.41) is 0. The second kappa shape index (κ2) is 10.8. The van der Waals surface area contributed by atoms with E-state index in [9.17, 15) is 17.6 Å². The van der Waals surface area contributed by atoms with Gasteiger partial charge >= 0.3 is 0 Å². The van der Waals surface area contributed by atoms with Crippen LogP contribution in [0.5, 0.6) is 0 Å². The first-order chi connectivity index (χ1) is 19.1. The minimum absolute atomic E-state index is 0.0448. The van der Waals surface area contributed by atoms with Gasteiger partial charge in [0, 0.05) is 27.8 Å². The largest absolute Gasteiger partial charge is 0.206 e. The zero-order chi connectivity index (χ0) is 28.6. The molecule has 198 valence electrons. The van der Waals surface area contributed by atoms with Crippen LogP contribution in [0.3, 0.4) is 0 Å². The third-order valence-electron chi connectivity index (χ3n) is 6.56. The van der Waals surface area contributed by atoms with E-state index in [0.29, 0.717) is 23.3 Å². The van der Waals surface area contributed by atoms with Gasteiger partial charge in [-0.25, -0.2) is 26.3 Å². The highest BCUT2D eigenvalue weighted by atomic mass is 19.2. The quantitative estimate of drug-likeness (QED) is 0.121.